The average molecular weight is 304 g/mol. The number of fused-ring (bicyclic) bond motifs is 1. The first-order chi connectivity index (χ1) is 10.2. The van der Waals surface area contributed by atoms with E-state index in [2.05, 4.69) is 28.2 Å². The van der Waals surface area contributed by atoms with Crippen molar-refractivity contribution in [1.29, 1.82) is 0 Å². The predicted molar refractivity (Wildman–Crippen MR) is 88.7 cm³/mol. The molecule has 0 aliphatic carbocycles. The second kappa shape index (κ2) is 6.73. The summed E-state index contributed by atoms with van der Waals surface area (Å²) in [5, 5.41) is 5.42. The summed E-state index contributed by atoms with van der Waals surface area (Å²) >= 11 is 6.24. The molecule has 0 radical (unpaired) electrons. The predicted octanol–water partition coefficient (Wildman–Crippen LogP) is 3.46. The van der Waals surface area contributed by atoms with Crippen LogP contribution in [0.3, 0.4) is 0 Å². The van der Waals surface area contributed by atoms with Gasteiger partial charge >= 0.3 is 0 Å². The van der Waals surface area contributed by atoms with Crippen molar-refractivity contribution in [2.24, 2.45) is 0 Å². The lowest BCUT2D eigenvalue weighted by Gasteiger charge is -2.21. The van der Waals surface area contributed by atoms with E-state index in [9.17, 15) is 0 Å². The lowest BCUT2D eigenvalue weighted by Crippen LogP contribution is -2.37. The topological polar surface area (TPSA) is 28.2 Å². The molecule has 1 atom stereocenters. The van der Waals surface area contributed by atoms with Gasteiger partial charge in [-0.15, -0.1) is 0 Å². The summed E-state index contributed by atoms with van der Waals surface area (Å²) in [5.74, 6) is 0. The molecule has 1 fully saturated rings. The number of pyridine rings is 1. The third kappa shape index (κ3) is 3.54. The number of halogens is 1. The number of benzene rings is 1. The fraction of sp³-hybridized carbons (Fsp3) is 0.471. The van der Waals surface area contributed by atoms with Crippen LogP contribution >= 0.6 is 11.6 Å². The van der Waals surface area contributed by atoms with E-state index in [0.717, 1.165) is 29.0 Å². The van der Waals surface area contributed by atoms with Gasteiger partial charge in [0.25, 0.3) is 0 Å². The Morgan fingerprint density at radius 3 is 2.90 bits per heavy atom. The quantitative estimate of drug-likeness (QED) is 0.917. The van der Waals surface area contributed by atoms with E-state index in [-0.39, 0.29) is 0 Å². The summed E-state index contributed by atoms with van der Waals surface area (Å²) in [7, 11) is 0. The number of hydrogen-bond acceptors (Lipinski definition) is 3. The van der Waals surface area contributed by atoms with Crippen LogP contribution in [0.4, 0.5) is 0 Å². The Kier molecular flexibility index (Phi) is 4.73. The first-order valence-corrected chi connectivity index (χ1v) is 8.09. The maximum Gasteiger partial charge on any atom is 0.0761 e. The van der Waals surface area contributed by atoms with Crippen LogP contribution in [0.15, 0.2) is 30.5 Å². The normalized spacial score (nSPS) is 17.4. The van der Waals surface area contributed by atoms with Gasteiger partial charge in [0.15, 0.2) is 0 Å². The lowest BCUT2D eigenvalue weighted by molar-refractivity contribution is 0.298. The first kappa shape index (κ1) is 14.8. The van der Waals surface area contributed by atoms with Gasteiger partial charge in [0.2, 0.25) is 0 Å². The van der Waals surface area contributed by atoms with E-state index in [1.54, 1.807) is 0 Å². The van der Waals surface area contributed by atoms with E-state index in [1.807, 2.05) is 24.4 Å². The van der Waals surface area contributed by atoms with Gasteiger partial charge in [-0.3, -0.25) is 4.98 Å². The van der Waals surface area contributed by atoms with Crippen molar-refractivity contribution in [2.45, 2.75) is 32.4 Å². The molecule has 1 aromatic heterocycles. The van der Waals surface area contributed by atoms with Crippen LogP contribution in [0.25, 0.3) is 10.9 Å². The van der Waals surface area contributed by atoms with Gasteiger partial charge in [0.1, 0.15) is 0 Å². The Morgan fingerprint density at radius 2 is 2.10 bits per heavy atom. The highest BCUT2D eigenvalue weighted by Crippen LogP contribution is 2.24. The van der Waals surface area contributed by atoms with Crippen molar-refractivity contribution in [1.82, 2.24) is 15.2 Å². The number of aromatic nitrogens is 1. The van der Waals surface area contributed by atoms with Gasteiger partial charge in [-0.2, -0.15) is 0 Å². The van der Waals surface area contributed by atoms with Crippen molar-refractivity contribution >= 4 is 22.5 Å². The van der Waals surface area contributed by atoms with Gasteiger partial charge in [0, 0.05) is 35.7 Å². The minimum Gasteiger partial charge on any atom is -0.309 e. The van der Waals surface area contributed by atoms with E-state index in [0.29, 0.717) is 6.04 Å². The van der Waals surface area contributed by atoms with Crippen LogP contribution in [-0.4, -0.2) is 35.6 Å². The number of nitrogens with zero attached hydrogens (tertiary/aromatic N) is 2. The summed E-state index contributed by atoms with van der Waals surface area (Å²) in [6, 6.07) is 8.49. The van der Waals surface area contributed by atoms with Crippen molar-refractivity contribution in [3.8, 4) is 0 Å². The molecular weight excluding hydrogens is 282 g/mol. The van der Waals surface area contributed by atoms with E-state index >= 15 is 0 Å². The number of nitrogens with one attached hydrogen (secondary N) is 1. The van der Waals surface area contributed by atoms with Gasteiger partial charge in [0.05, 0.1) is 5.52 Å². The van der Waals surface area contributed by atoms with Crippen LogP contribution < -0.4 is 5.32 Å². The molecule has 0 bridgehead atoms. The lowest BCUT2D eigenvalue weighted by atomic mass is 10.1. The second-order valence-electron chi connectivity index (χ2n) is 5.90. The molecule has 3 rings (SSSR count). The van der Waals surface area contributed by atoms with E-state index < -0.39 is 0 Å². The molecule has 1 unspecified atom stereocenters. The molecule has 3 nitrogen and oxygen atoms in total. The molecule has 2 heterocycles. The highest BCUT2D eigenvalue weighted by Gasteiger charge is 2.14. The largest absolute Gasteiger partial charge is 0.309 e. The molecule has 1 aliphatic heterocycles. The molecular formula is C17H22ClN3. The molecule has 1 aromatic carbocycles. The van der Waals surface area contributed by atoms with Gasteiger partial charge in [-0.05, 0) is 56.6 Å². The summed E-state index contributed by atoms with van der Waals surface area (Å²) in [6.45, 7) is 6.71. The molecule has 1 saturated heterocycles. The average Bonchev–Trinajstić information content (AvgIpc) is 3.00. The van der Waals surface area contributed by atoms with Crippen LogP contribution in [0.5, 0.6) is 0 Å². The Hall–Kier alpha value is -1.16. The molecule has 0 saturated carbocycles. The van der Waals surface area contributed by atoms with Gasteiger partial charge < -0.3 is 10.2 Å². The van der Waals surface area contributed by atoms with Gasteiger partial charge in [-0.25, -0.2) is 0 Å². The Bertz CT molecular complexity index is 608. The number of hydrogen-bond donors (Lipinski definition) is 1. The zero-order chi connectivity index (χ0) is 14.7. The summed E-state index contributed by atoms with van der Waals surface area (Å²) in [4.78, 5) is 7.03. The highest BCUT2D eigenvalue weighted by molar-refractivity contribution is 6.35. The Balaban J connectivity index is 1.66. The van der Waals surface area contributed by atoms with Crippen molar-refractivity contribution in [2.75, 3.05) is 19.6 Å². The van der Waals surface area contributed by atoms with Crippen LogP contribution in [0.1, 0.15) is 25.3 Å². The van der Waals surface area contributed by atoms with Crippen molar-refractivity contribution < 1.29 is 0 Å². The third-order valence-electron chi connectivity index (χ3n) is 4.17. The molecule has 0 amide bonds. The molecule has 112 valence electrons. The molecule has 1 aliphatic rings. The Morgan fingerprint density at radius 1 is 1.29 bits per heavy atom. The van der Waals surface area contributed by atoms with Gasteiger partial charge in [-0.1, -0.05) is 17.7 Å². The summed E-state index contributed by atoms with van der Waals surface area (Å²) in [6.07, 6.45) is 4.52. The monoisotopic (exact) mass is 303 g/mol. The molecule has 4 heteroatoms. The maximum absolute atomic E-state index is 6.24. The molecule has 0 spiro atoms. The van der Waals surface area contributed by atoms with Crippen molar-refractivity contribution in [3.05, 3.63) is 41.0 Å². The standard InChI is InChI=1S/C17H22ClN3/c1-13(12-21-9-2-3-10-21)20-11-14-6-7-16(18)15-5-4-8-19-17(14)15/h4-8,13,20H,2-3,9-12H2,1H3. The fourth-order valence-electron chi connectivity index (χ4n) is 3.04. The zero-order valence-corrected chi connectivity index (χ0v) is 13.2. The zero-order valence-electron chi connectivity index (χ0n) is 12.5. The maximum atomic E-state index is 6.24. The summed E-state index contributed by atoms with van der Waals surface area (Å²) < 4.78 is 0. The Labute approximate surface area is 131 Å². The molecule has 1 N–H and O–H groups in total. The van der Waals surface area contributed by atoms with Crippen LogP contribution in [0.2, 0.25) is 5.02 Å². The SMILES string of the molecule is CC(CN1CCCC1)NCc1ccc(Cl)c2cccnc12. The smallest absolute Gasteiger partial charge is 0.0761 e. The van der Waals surface area contributed by atoms with E-state index in [1.165, 1.54) is 31.5 Å². The number of likely N-dealkylation sites (tertiary alicyclic amines) is 1. The minimum atomic E-state index is 0.484. The molecule has 21 heavy (non-hydrogen) atoms. The third-order valence-corrected chi connectivity index (χ3v) is 4.50. The fourth-order valence-corrected chi connectivity index (χ4v) is 3.26. The van der Waals surface area contributed by atoms with Crippen LogP contribution in [0, 0.1) is 0 Å². The highest BCUT2D eigenvalue weighted by atomic mass is 35.5. The first-order valence-electron chi connectivity index (χ1n) is 7.72. The number of rotatable bonds is 5. The van der Waals surface area contributed by atoms with Crippen LogP contribution in [-0.2, 0) is 6.54 Å². The molecule has 2 aromatic rings. The minimum absolute atomic E-state index is 0.484. The van der Waals surface area contributed by atoms with E-state index in [4.69, 9.17) is 11.6 Å². The second-order valence-corrected chi connectivity index (χ2v) is 6.30. The summed E-state index contributed by atoms with van der Waals surface area (Å²) in [5.41, 5.74) is 2.22. The van der Waals surface area contributed by atoms with Crippen molar-refractivity contribution in [3.63, 3.8) is 0 Å².